The van der Waals surface area contributed by atoms with Gasteiger partial charge in [0.2, 0.25) is 0 Å². The molecule has 3 aliphatic rings. The van der Waals surface area contributed by atoms with Gasteiger partial charge in [-0.1, -0.05) is 12.2 Å². The van der Waals surface area contributed by atoms with Crippen LogP contribution in [0, 0.1) is 0 Å². The number of nitrogens with zero attached hydrogens (tertiary/aromatic N) is 3. The molecule has 0 bridgehead atoms. The fourth-order valence-electron chi connectivity index (χ4n) is 3.94. The van der Waals surface area contributed by atoms with Gasteiger partial charge in [0.1, 0.15) is 5.60 Å². The summed E-state index contributed by atoms with van der Waals surface area (Å²) in [5.41, 5.74) is 0.752. The number of carbonyl (C=O) groups is 3. The minimum absolute atomic E-state index is 0.121. The maximum Gasteiger partial charge on any atom is 0.410 e. The third kappa shape index (κ3) is 4.46. The molecule has 2 aliphatic heterocycles. The van der Waals surface area contributed by atoms with Crippen molar-refractivity contribution in [1.29, 1.82) is 0 Å². The van der Waals surface area contributed by atoms with Crippen LogP contribution in [0.15, 0.2) is 23.3 Å². The smallest absolute Gasteiger partial charge is 0.410 e. The van der Waals surface area contributed by atoms with Gasteiger partial charge in [0.05, 0.1) is 0 Å². The molecule has 1 saturated heterocycles. The van der Waals surface area contributed by atoms with Crippen molar-refractivity contribution >= 4 is 17.9 Å². The van der Waals surface area contributed by atoms with Gasteiger partial charge in [-0.25, -0.2) is 4.79 Å². The van der Waals surface area contributed by atoms with Gasteiger partial charge in [0, 0.05) is 50.4 Å². The van der Waals surface area contributed by atoms with Crippen LogP contribution in [0.4, 0.5) is 4.79 Å². The predicted octanol–water partition coefficient (Wildman–Crippen LogP) is 2.33. The Labute approximate surface area is 167 Å². The zero-order chi connectivity index (χ0) is 20.5. The molecule has 0 atom stereocenters. The van der Waals surface area contributed by atoms with E-state index in [0.29, 0.717) is 30.7 Å². The van der Waals surface area contributed by atoms with Crippen molar-refractivity contribution in [2.24, 2.45) is 0 Å². The van der Waals surface area contributed by atoms with Gasteiger partial charge in [-0.05, 0) is 46.5 Å². The highest BCUT2D eigenvalue weighted by Crippen LogP contribution is 2.29. The number of ether oxygens (including phenoxy) is 1. The van der Waals surface area contributed by atoms with E-state index in [1.54, 1.807) is 18.0 Å². The van der Waals surface area contributed by atoms with Gasteiger partial charge in [0.15, 0.2) is 0 Å². The molecule has 0 unspecified atom stereocenters. The second-order valence-corrected chi connectivity index (χ2v) is 8.76. The highest BCUT2D eigenvalue weighted by Gasteiger charge is 2.37. The van der Waals surface area contributed by atoms with E-state index in [2.05, 4.69) is 4.90 Å². The molecule has 0 aromatic rings. The van der Waals surface area contributed by atoms with Gasteiger partial charge in [-0.3, -0.25) is 14.5 Å². The molecule has 2 heterocycles. The van der Waals surface area contributed by atoms with E-state index in [4.69, 9.17) is 4.74 Å². The van der Waals surface area contributed by atoms with Crippen LogP contribution in [-0.2, 0) is 14.3 Å². The number of piperidine rings is 1. The molecule has 1 aliphatic carbocycles. The monoisotopic (exact) mass is 389 g/mol. The zero-order valence-corrected chi connectivity index (χ0v) is 17.4. The first-order chi connectivity index (χ1) is 13.2. The lowest BCUT2D eigenvalue weighted by Gasteiger charge is -2.37. The summed E-state index contributed by atoms with van der Waals surface area (Å²) in [4.78, 5) is 42.5. The summed E-state index contributed by atoms with van der Waals surface area (Å²) < 4.78 is 5.45. The van der Waals surface area contributed by atoms with Gasteiger partial charge in [0.25, 0.3) is 11.8 Å². The van der Waals surface area contributed by atoms with Crippen LogP contribution in [0.5, 0.6) is 0 Å². The Bertz CT molecular complexity index is 712. The third-order valence-electron chi connectivity index (χ3n) is 5.58. The molecule has 0 aromatic carbocycles. The molecular formula is C21H31N3O4. The van der Waals surface area contributed by atoms with Crippen LogP contribution in [0.2, 0.25) is 0 Å². The number of amides is 3. The molecule has 3 rings (SSSR count). The average molecular weight is 389 g/mol. The number of hydrogen-bond acceptors (Lipinski definition) is 5. The maximum absolute atomic E-state index is 12.5. The van der Waals surface area contributed by atoms with Crippen molar-refractivity contribution in [3.05, 3.63) is 23.3 Å². The van der Waals surface area contributed by atoms with E-state index in [1.807, 2.05) is 26.8 Å². The first-order valence-electron chi connectivity index (χ1n) is 10.1. The molecule has 154 valence electrons. The topological polar surface area (TPSA) is 70.2 Å². The van der Waals surface area contributed by atoms with Crippen LogP contribution in [-0.4, -0.2) is 77.5 Å². The van der Waals surface area contributed by atoms with E-state index in [9.17, 15) is 14.4 Å². The molecule has 3 amide bonds. The van der Waals surface area contributed by atoms with Crippen LogP contribution < -0.4 is 0 Å². The summed E-state index contributed by atoms with van der Waals surface area (Å²) in [6.45, 7) is 8.36. The summed E-state index contributed by atoms with van der Waals surface area (Å²) in [5, 5.41) is 0. The van der Waals surface area contributed by atoms with Crippen molar-refractivity contribution in [3.63, 3.8) is 0 Å². The zero-order valence-electron chi connectivity index (χ0n) is 17.4. The quantitative estimate of drug-likeness (QED) is 0.690. The Morgan fingerprint density at radius 2 is 1.86 bits per heavy atom. The fraction of sp³-hybridized carbons (Fsp3) is 0.667. The fourth-order valence-corrected chi connectivity index (χ4v) is 3.94. The van der Waals surface area contributed by atoms with Gasteiger partial charge in [-0.15, -0.1) is 0 Å². The second-order valence-electron chi connectivity index (χ2n) is 8.76. The largest absolute Gasteiger partial charge is 0.444 e. The van der Waals surface area contributed by atoms with E-state index >= 15 is 0 Å². The normalized spacial score (nSPS) is 21.4. The summed E-state index contributed by atoms with van der Waals surface area (Å²) in [7, 11) is 1.79. The molecule has 1 fully saturated rings. The Morgan fingerprint density at radius 1 is 1.18 bits per heavy atom. The molecule has 0 spiro atoms. The first-order valence-corrected chi connectivity index (χ1v) is 10.1. The van der Waals surface area contributed by atoms with Crippen LogP contribution >= 0.6 is 0 Å². The van der Waals surface area contributed by atoms with Crippen molar-refractivity contribution in [2.75, 3.05) is 33.2 Å². The van der Waals surface area contributed by atoms with Crippen LogP contribution in [0.3, 0.4) is 0 Å². The molecule has 0 saturated carbocycles. The summed E-state index contributed by atoms with van der Waals surface area (Å²) >= 11 is 0. The van der Waals surface area contributed by atoms with Gasteiger partial charge < -0.3 is 14.5 Å². The Balaban J connectivity index is 1.45. The van der Waals surface area contributed by atoms with Crippen LogP contribution in [0.25, 0.3) is 0 Å². The lowest BCUT2D eigenvalue weighted by Crippen LogP contribution is -2.48. The van der Waals surface area contributed by atoms with Crippen molar-refractivity contribution < 1.29 is 19.1 Å². The lowest BCUT2D eigenvalue weighted by atomic mass is 10.00. The number of hydrogen-bond donors (Lipinski definition) is 0. The van der Waals surface area contributed by atoms with Gasteiger partial charge >= 0.3 is 6.09 Å². The summed E-state index contributed by atoms with van der Waals surface area (Å²) in [5.74, 6) is -0.278. The molecule has 0 radical (unpaired) electrons. The second kappa shape index (κ2) is 8.07. The predicted molar refractivity (Wildman–Crippen MR) is 106 cm³/mol. The first kappa shape index (κ1) is 20.6. The Morgan fingerprint density at radius 3 is 2.46 bits per heavy atom. The number of imide groups is 1. The van der Waals surface area contributed by atoms with Crippen molar-refractivity contribution in [2.45, 2.75) is 58.1 Å². The van der Waals surface area contributed by atoms with Gasteiger partial charge in [-0.2, -0.15) is 0 Å². The minimum atomic E-state index is -0.497. The maximum atomic E-state index is 12.5. The number of rotatable bonds is 4. The number of allylic oxidation sites excluding steroid dienone is 1. The lowest BCUT2D eigenvalue weighted by molar-refractivity contribution is -0.137. The van der Waals surface area contributed by atoms with Crippen molar-refractivity contribution in [1.82, 2.24) is 14.7 Å². The van der Waals surface area contributed by atoms with Crippen LogP contribution in [0.1, 0.15) is 46.5 Å². The molecular weight excluding hydrogens is 358 g/mol. The number of likely N-dealkylation sites (tertiary alicyclic amines) is 1. The number of carbonyl (C=O) groups excluding carboxylic acids is 3. The summed E-state index contributed by atoms with van der Waals surface area (Å²) in [6, 6.07) is 0.153. The van der Waals surface area contributed by atoms with E-state index < -0.39 is 5.60 Å². The molecule has 0 N–H and O–H groups in total. The van der Waals surface area contributed by atoms with Crippen molar-refractivity contribution in [3.8, 4) is 0 Å². The Hall–Kier alpha value is -2.15. The van der Waals surface area contributed by atoms with E-state index in [0.717, 1.165) is 32.4 Å². The summed E-state index contributed by atoms with van der Waals surface area (Å²) in [6.07, 6.45) is 6.66. The molecule has 28 heavy (non-hydrogen) atoms. The standard InChI is InChI=1S/C21H31N3O4/c1-21(2,3)28-20(27)22(4)15-9-11-23(12-10-15)13-14-24-18(25)16-7-5-6-8-17(16)19(24)26/h5,7,15H,6,8-14H2,1-4H3. The minimum Gasteiger partial charge on any atom is -0.444 e. The van der Waals surface area contributed by atoms with E-state index in [-0.39, 0.29) is 23.9 Å². The highest BCUT2D eigenvalue weighted by atomic mass is 16.6. The molecule has 0 aromatic heterocycles. The van der Waals surface area contributed by atoms with E-state index in [1.165, 1.54) is 4.90 Å². The Kier molecular flexibility index (Phi) is 5.93. The average Bonchev–Trinajstić information content (AvgIpc) is 2.89. The molecule has 7 heteroatoms. The third-order valence-corrected chi connectivity index (χ3v) is 5.58. The SMILES string of the molecule is CN(C(=O)OC(C)(C)C)C1CCN(CCN2C(=O)C3=C(CCC=C3)C2=O)CC1. The molecule has 7 nitrogen and oxygen atoms in total. The highest BCUT2D eigenvalue weighted by molar-refractivity contribution is 6.20.